The van der Waals surface area contributed by atoms with Gasteiger partial charge in [-0.05, 0) is 67.6 Å². The van der Waals surface area contributed by atoms with Crippen LogP contribution in [-0.4, -0.2) is 35.1 Å². The Morgan fingerprint density at radius 2 is 1.65 bits per heavy atom. The first-order valence-corrected chi connectivity index (χ1v) is 15.9. The molecule has 232 valence electrons. The molecule has 3 amide bonds. The van der Waals surface area contributed by atoms with E-state index in [0.717, 1.165) is 21.9 Å². The van der Waals surface area contributed by atoms with Gasteiger partial charge in [0.25, 0.3) is 11.8 Å². The van der Waals surface area contributed by atoms with Crippen LogP contribution in [0.3, 0.4) is 0 Å². The van der Waals surface area contributed by atoms with E-state index >= 15 is 0 Å². The van der Waals surface area contributed by atoms with E-state index in [-0.39, 0.29) is 17.2 Å². The van der Waals surface area contributed by atoms with Crippen LogP contribution in [-0.2, 0) is 9.59 Å². The summed E-state index contributed by atoms with van der Waals surface area (Å²) in [6.07, 6.45) is 1.29. The SMILES string of the molecule is COc1cccc(-c2csc(NC(=O)C(C)Sc3ccc(NC(=O)/C(=C/c4ccccc4F)NC(=O)c4ccccc4)cc3)n2)c1. The molecule has 0 spiro atoms. The summed E-state index contributed by atoms with van der Waals surface area (Å²) in [6.45, 7) is 1.79. The van der Waals surface area contributed by atoms with Crippen LogP contribution in [0.25, 0.3) is 17.3 Å². The van der Waals surface area contributed by atoms with Crippen molar-refractivity contribution in [2.75, 3.05) is 17.7 Å². The summed E-state index contributed by atoms with van der Waals surface area (Å²) in [5.74, 6) is -1.15. The highest BCUT2D eigenvalue weighted by Crippen LogP contribution is 2.29. The monoisotopic (exact) mass is 652 g/mol. The van der Waals surface area contributed by atoms with Crippen molar-refractivity contribution < 1.29 is 23.5 Å². The van der Waals surface area contributed by atoms with Crippen LogP contribution in [0, 0.1) is 5.82 Å². The van der Waals surface area contributed by atoms with Gasteiger partial charge in [-0.2, -0.15) is 0 Å². The van der Waals surface area contributed by atoms with Crippen LogP contribution in [0.2, 0.25) is 0 Å². The van der Waals surface area contributed by atoms with E-state index in [0.29, 0.717) is 16.4 Å². The molecule has 5 rings (SSSR count). The van der Waals surface area contributed by atoms with Crippen LogP contribution >= 0.6 is 23.1 Å². The lowest BCUT2D eigenvalue weighted by Gasteiger charge is -2.13. The Labute approximate surface area is 273 Å². The number of hydrogen-bond acceptors (Lipinski definition) is 7. The van der Waals surface area contributed by atoms with E-state index in [1.807, 2.05) is 29.6 Å². The molecule has 0 aliphatic rings. The second-order valence-corrected chi connectivity index (χ2v) is 12.2. The highest BCUT2D eigenvalue weighted by Gasteiger charge is 2.18. The predicted octanol–water partition coefficient (Wildman–Crippen LogP) is 7.49. The fourth-order valence-corrected chi connectivity index (χ4v) is 5.81. The highest BCUT2D eigenvalue weighted by atomic mass is 32.2. The van der Waals surface area contributed by atoms with Crippen molar-refractivity contribution in [3.05, 3.63) is 131 Å². The summed E-state index contributed by atoms with van der Waals surface area (Å²) >= 11 is 2.69. The van der Waals surface area contributed by atoms with E-state index in [4.69, 9.17) is 4.74 Å². The summed E-state index contributed by atoms with van der Waals surface area (Å²) in [4.78, 5) is 44.3. The van der Waals surface area contributed by atoms with Gasteiger partial charge in [-0.3, -0.25) is 14.4 Å². The number of thiazole rings is 1. The molecule has 8 nitrogen and oxygen atoms in total. The van der Waals surface area contributed by atoms with Gasteiger partial charge >= 0.3 is 0 Å². The molecular weight excluding hydrogens is 624 g/mol. The molecule has 0 saturated carbocycles. The normalized spacial score (nSPS) is 11.8. The molecule has 0 aliphatic heterocycles. The Hall–Kier alpha value is -5.26. The van der Waals surface area contributed by atoms with Crippen molar-refractivity contribution >= 4 is 57.7 Å². The second kappa shape index (κ2) is 15.2. The maximum atomic E-state index is 14.4. The van der Waals surface area contributed by atoms with Crippen LogP contribution < -0.4 is 20.7 Å². The molecule has 0 saturated heterocycles. The molecule has 1 atom stereocenters. The third-order valence-corrected chi connectivity index (χ3v) is 8.50. The quantitative estimate of drug-likeness (QED) is 0.101. The fourth-order valence-electron chi connectivity index (χ4n) is 4.22. The third-order valence-electron chi connectivity index (χ3n) is 6.63. The molecule has 5 aromatic rings. The minimum atomic E-state index is -0.627. The Bertz CT molecular complexity index is 1880. The first-order chi connectivity index (χ1) is 22.3. The summed E-state index contributed by atoms with van der Waals surface area (Å²) in [5.41, 5.74) is 2.45. The summed E-state index contributed by atoms with van der Waals surface area (Å²) in [7, 11) is 1.60. The molecule has 3 N–H and O–H groups in total. The first kappa shape index (κ1) is 32.1. The lowest BCUT2D eigenvalue weighted by molar-refractivity contribution is -0.115. The van der Waals surface area contributed by atoms with Gasteiger partial charge in [0.2, 0.25) is 5.91 Å². The Morgan fingerprint density at radius 1 is 0.913 bits per heavy atom. The number of hydrogen-bond donors (Lipinski definition) is 3. The molecule has 0 radical (unpaired) electrons. The number of methoxy groups -OCH3 is 1. The Balaban J connectivity index is 1.21. The average Bonchev–Trinajstić information content (AvgIpc) is 3.55. The van der Waals surface area contributed by atoms with E-state index in [1.165, 1.54) is 47.4 Å². The van der Waals surface area contributed by atoms with Crippen molar-refractivity contribution in [1.29, 1.82) is 0 Å². The molecule has 1 heterocycles. The van der Waals surface area contributed by atoms with E-state index in [1.54, 1.807) is 74.7 Å². The standard InChI is InChI=1S/C35H29FN4O4S2/c1-22(32(41)40-35-39-31(21-45-35)25-12-8-13-27(19-25)44-2)46-28-17-15-26(16-18-28)37-34(43)30(20-24-11-6-7-14-29(24)36)38-33(42)23-9-4-3-5-10-23/h3-22H,1-2H3,(H,37,43)(H,38,42)(H,39,40,41)/b30-20-. The van der Waals surface area contributed by atoms with Crippen molar-refractivity contribution in [3.63, 3.8) is 0 Å². The molecule has 46 heavy (non-hydrogen) atoms. The average molecular weight is 653 g/mol. The number of nitrogens with zero attached hydrogens (tertiary/aromatic N) is 1. The Morgan fingerprint density at radius 3 is 2.39 bits per heavy atom. The molecule has 4 aromatic carbocycles. The van der Waals surface area contributed by atoms with Gasteiger partial charge in [0.15, 0.2) is 5.13 Å². The smallest absolute Gasteiger partial charge is 0.272 e. The van der Waals surface area contributed by atoms with Gasteiger partial charge in [-0.25, -0.2) is 9.37 Å². The molecule has 0 aliphatic carbocycles. The van der Waals surface area contributed by atoms with Crippen LogP contribution in [0.4, 0.5) is 15.2 Å². The molecule has 0 fully saturated rings. The van der Waals surface area contributed by atoms with Gasteiger partial charge in [0.05, 0.1) is 18.1 Å². The molecule has 1 aromatic heterocycles. The van der Waals surface area contributed by atoms with Crippen molar-refractivity contribution in [2.45, 2.75) is 17.1 Å². The number of carbonyl (C=O) groups excluding carboxylic acids is 3. The maximum absolute atomic E-state index is 14.4. The van der Waals surface area contributed by atoms with Gasteiger partial charge < -0.3 is 20.7 Å². The third kappa shape index (κ3) is 8.46. The zero-order valence-corrected chi connectivity index (χ0v) is 26.5. The minimum absolute atomic E-state index is 0.126. The lowest BCUT2D eigenvalue weighted by atomic mass is 10.1. The first-order valence-electron chi connectivity index (χ1n) is 14.1. The largest absolute Gasteiger partial charge is 0.497 e. The van der Waals surface area contributed by atoms with Crippen molar-refractivity contribution in [2.24, 2.45) is 0 Å². The van der Waals surface area contributed by atoms with E-state index in [9.17, 15) is 18.8 Å². The number of carbonyl (C=O) groups is 3. The summed E-state index contributed by atoms with van der Waals surface area (Å²) < 4.78 is 19.7. The lowest BCUT2D eigenvalue weighted by Crippen LogP contribution is -2.30. The van der Waals surface area contributed by atoms with Crippen LogP contribution in [0.1, 0.15) is 22.8 Å². The number of halogens is 1. The van der Waals surface area contributed by atoms with Crippen LogP contribution in [0.5, 0.6) is 5.75 Å². The summed E-state index contributed by atoms with van der Waals surface area (Å²) in [5, 5.41) is 10.2. The predicted molar refractivity (Wildman–Crippen MR) is 181 cm³/mol. The number of thioether (sulfide) groups is 1. The van der Waals surface area contributed by atoms with Crippen LogP contribution in [0.15, 0.2) is 119 Å². The number of aromatic nitrogens is 1. The number of rotatable bonds is 11. The fraction of sp³-hybridized carbons (Fsp3) is 0.0857. The Kier molecular flexibility index (Phi) is 10.6. The number of nitrogens with one attached hydrogen (secondary N) is 3. The molecular formula is C35H29FN4O4S2. The van der Waals surface area contributed by atoms with Gasteiger partial charge in [0, 0.05) is 32.7 Å². The van der Waals surface area contributed by atoms with Gasteiger partial charge in [0.1, 0.15) is 17.3 Å². The zero-order valence-electron chi connectivity index (χ0n) is 24.8. The highest BCUT2D eigenvalue weighted by molar-refractivity contribution is 8.00. The number of benzene rings is 4. The molecule has 0 bridgehead atoms. The van der Waals surface area contributed by atoms with Gasteiger partial charge in [-0.15, -0.1) is 23.1 Å². The molecule has 1 unspecified atom stereocenters. The van der Waals surface area contributed by atoms with Gasteiger partial charge in [-0.1, -0.05) is 48.5 Å². The minimum Gasteiger partial charge on any atom is -0.497 e. The second-order valence-electron chi connectivity index (χ2n) is 9.90. The number of ether oxygens (including phenoxy) is 1. The van der Waals surface area contributed by atoms with E-state index < -0.39 is 22.9 Å². The maximum Gasteiger partial charge on any atom is 0.272 e. The number of amides is 3. The zero-order chi connectivity index (χ0) is 32.5. The number of anilines is 2. The van der Waals surface area contributed by atoms with Crippen molar-refractivity contribution in [3.8, 4) is 17.0 Å². The summed E-state index contributed by atoms with van der Waals surface area (Å²) in [6, 6.07) is 28.8. The van der Waals surface area contributed by atoms with E-state index in [2.05, 4.69) is 20.9 Å². The molecule has 11 heteroatoms. The topological polar surface area (TPSA) is 109 Å². The van der Waals surface area contributed by atoms with Crippen molar-refractivity contribution in [1.82, 2.24) is 10.3 Å².